The Hall–Kier alpha value is -1.67. The van der Waals surface area contributed by atoms with Gasteiger partial charge in [0.25, 0.3) is 0 Å². The fourth-order valence-corrected chi connectivity index (χ4v) is 2.42. The number of aliphatic hydroxyl groups excluding tert-OH is 3. The van der Waals surface area contributed by atoms with Gasteiger partial charge in [-0.15, -0.1) is 0 Å². The Bertz CT molecular complexity index is 649. The summed E-state index contributed by atoms with van der Waals surface area (Å²) >= 11 is 0. The monoisotopic (exact) mass is 266 g/mol. The summed E-state index contributed by atoms with van der Waals surface area (Å²) in [6.07, 6.45) is -4.42. The number of benzene rings is 1. The quantitative estimate of drug-likeness (QED) is 0.554. The largest absolute Gasteiger partial charge is 0.394 e. The molecule has 2 aromatic rings. The van der Waals surface area contributed by atoms with Crippen molar-refractivity contribution in [2.75, 3.05) is 6.61 Å². The van der Waals surface area contributed by atoms with Gasteiger partial charge in [0.05, 0.1) is 17.6 Å². The van der Waals surface area contributed by atoms with E-state index in [1.54, 1.807) is 24.3 Å². The molecule has 0 unspecified atom stereocenters. The lowest BCUT2D eigenvalue weighted by Crippen LogP contribution is -2.34. The van der Waals surface area contributed by atoms with E-state index in [-0.39, 0.29) is 0 Å². The molecule has 7 heteroatoms. The van der Waals surface area contributed by atoms with E-state index >= 15 is 0 Å². The topological polar surface area (TPSA) is 108 Å². The van der Waals surface area contributed by atoms with Crippen LogP contribution in [0.15, 0.2) is 29.1 Å². The van der Waals surface area contributed by atoms with Crippen molar-refractivity contribution in [1.29, 1.82) is 0 Å². The summed E-state index contributed by atoms with van der Waals surface area (Å²) < 4.78 is 6.61. The molecule has 1 aliphatic heterocycles. The Balaban J connectivity index is 2.10. The summed E-state index contributed by atoms with van der Waals surface area (Å²) in [7, 11) is 0. The lowest BCUT2D eigenvalue weighted by atomic mass is 10.1. The molecule has 1 aromatic carbocycles. The van der Waals surface area contributed by atoms with Gasteiger partial charge >= 0.3 is 5.69 Å². The van der Waals surface area contributed by atoms with Crippen LogP contribution in [0.25, 0.3) is 11.0 Å². The molecular formula is C12H14N2O5. The molecule has 4 atom stereocenters. The number of ether oxygens (including phenoxy) is 1. The number of aromatic amines is 1. The van der Waals surface area contributed by atoms with E-state index < -0.39 is 36.8 Å². The van der Waals surface area contributed by atoms with E-state index in [1.807, 2.05) is 0 Å². The van der Waals surface area contributed by atoms with Crippen LogP contribution in [0.3, 0.4) is 0 Å². The maximum Gasteiger partial charge on any atom is 0.328 e. The van der Waals surface area contributed by atoms with Crippen LogP contribution in [0.4, 0.5) is 0 Å². The minimum atomic E-state index is -1.27. The van der Waals surface area contributed by atoms with Crippen LogP contribution in [-0.2, 0) is 4.74 Å². The van der Waals surface area contributed by atoms with E-state index in [0.29, 0.717) is 11.0 Å². The molecule has 4 N–H and O–H groups in total. The number of nitrogens with one attached hydrogen (secondary N) is 1. The standard InChI is InChI=1S/C12H14N2O5/c15-5-8-9(16)10(17)11(19-8)14-7-4-2-1-3-6(7)13-12(14)18/h1-4,8-11,15-17H,5H2,(H,13,18)/t8-,9-,10-,11-/m1/s1. The van der Waals surface area contributed by atoms with Gasteiger partial charge in [0.15, 0.2) is 6.23 Å². The number of hydrogen-bond acceptors (Lipinski definition) is 5. The summed E-state index contributed by atoms with van der Waals surface area (Å²) in [5.41, 5.74) is 0.753. The second-order valence-electron chi connectivity index (χ2n) is 4.55. The molecule has 0 amide bonds. The maximum atomic E-state index is 11.9. The number of H-pyrrole nitrogens is 1. The second kappa shape index (κ2) is 4.46. The third kappa shape index (κ3) is 1.79. The van der Waals surface area contributed by atoms with Crippen molar-refractivity contribution >= 4 is 11.0 Å². The molecule has 0 aliphatic carbocycles. The van der Waals surface area contributed by atoms with Gasteiger partial charge < -0.3 is 25.0 Å². The summed E-state index contributed by atoms with van der Waals surface area (Å²) in [4.78, 5) is 14.6. The highest BCUT2D eigenvalue weighted by Crippen LogP contribution is 2.30. The van der Waals surface area contributed by atoms with Crippen LogP contribution < -0.4 is 5.69 Å². The van der Waals surface area contributed by atoms with Crippen LogP contribution in [0.2, 0.25) is 0 Å². The highest BCUT2D eigenvalue weighted by atomic mass is 16.6. The summed E-state index contributed by atoms with van der Waals surface area (Å²) in [5.74, 6) is 0. The van der Waals surface area contributed by atoms with E-state index in [2.05, 4.69) is 4.98 Å². The van der Waals surface area contributed by atoms with Crippen LogP contribution in [0.1, 0.15) is 6.23 Å². The SMILES string of the molecule is O=c1[nH]c2ccccc2n1[C@@H]1O[C@H](CO)[C@@H](O)[C@H]1O. The van der Waals surface area contributed by atoms with Gasteiger partial charge in [0, 0.05) is 0 Å². The van der Waals surface area contributed by atoms with E-state index in [0.717, 1.165) is 0 Å². The lowest BCUT2D eigenvalue weighted by molar-refractivity contribution is -0.0522. The molecule has 1 saturated heterocycles. The first-order valence-corrected chi connectivity index (χ1v) is 5.95. The van der Waals surface area contributed by atoms with Gasteiger partial charge in [-0.05, 0) is 12.1 Å². The molecule has 2 heterocycles. The number of rotatable bonds is 2. The van der Waals surface area contributed by atoms with Gasteiger partial charge in [-0.3, -0.25) is 4.57 Å². The predicted molar refractivity (Wildman–Crippen MR) is 65.6 cm³/mol. The smallest absolute Gasteiger partial charge is 0.328 e. The Labute approximate surface area is 107 Å². The van der Waals surface area contributed by atoms with Crippen LogP contribution >= 0.6 is 0 Å². The van der Waals surface area contributed by atoms with Gasteiger partial charge in [-0.25, -0.2) is 4.79 Å². The average Bonchev–Trinajstić information content (AvgIpc) is 2.88. The van der Waals surface area contributed by atoms with Crippen molar-refractivity contribution in [2.45, 2.75) is 24.5 Å². The zero-order valence-electron chi connectivity index (χ0n) is 9.93. The minimum absolute atomic E-state index is 0.425. The van der Waals surface area contributed by atoms with Crippen LogP contribution in [0.5, 0.6) is 0 Å². The number of imidazole rings is 1. The molecule has 1 fully saturated rings. The highest BCUT2D eigenvalue weighted by molar-refractivity contribution is 5.75. The highest BCUT2D eigenvalue weighted by Gasteiger charge is 2.44. The zero-order chi connectivity index (χ0) is 13.6. The lowest BCUT2D eigenvalue weighted by Gasteiger charge is -2.16. The first-order chi connectivity index (χ1) is 9.13. The van der Waals surface area contributed by atoms with E-state index in [9.17, 15) is 15.0 Å². The van der Waals surface area contributed by atoms with Crippen molar-refractivity contribution < 1.29 is 20.1 Å². The molecule has 3 rings (SSSR count). The summed E-state index contributed by atoms with van der Waals surface area (Å²) in [5, 5.41) is 28.7. The molecule has 1 aromatic heterocycles. The Morgan fingerprint density at radius 2 is 2.00 bits per heavy atom. The molecule has 0 saturated carbocycles. The normalized spacial score (nSPS) is 31.1. The molecule has 1 aliphatic rings. The third-order valence-corrected chi connectivity index (χ3v) is 3.40. The average molecular weight is 266 g/mol. The molecule has 0 spiro atoms. The fraction of sp³-hybridized carbons (Fsp3) is 0.417. The van der Waals surface area contributed by atoms with Crippen molar-refractivity contribution in [3.8, 4) is 0 Å². The molecule has 0 radical (unpaired) electrons. The summed E-state index contributed by atoms with van der Waals surface area (Å²) in [6.45, 7) is -0.425. The molecule has 7 nitrogen and oxygen atoms in total. The third-order valence-electron chi connectivity index (χ3n) is 3.40. The van der Waals surface area contributed by atoms with Crippen LogP contribution in [0, 0.1) is 0 Å². The number of nitrogens with zero attached hydrogens (tertiary/aromatic N) is 1. The predicted octanol–water partition coefficient (Wildman–Crippen LogP) is -1.06. The van der Waals surface area contributed by atoms with Gasteiger partial charge in [0.2, 0.25) is 0 Å². The number of fused-ring (bicyclic) bond motifs is 1. The van der Waals surface area contributed by atoms with E-state index in [1.165, 1.54) is 4.57 Å². The van der Waals surface area contributed by atoms with Crippen molar-refractivity contribution in [3.05, 3.63) is 34.7 Å². The fourth-order valence-electron chi connectivity index (χ4n) is 2.42. The molecule has 0 bridgehead atoms. The Morgan fingerprint density at radius 3 is 2.68 bits per heavy atom. The van der Waals surface area contributed by atoms with Crippen molar-refractivity contribution in [1.82, 2.24) is 9.55 Å². The van der Waals surface area contributed by atoms with Gasteiger partial charge in [-0.1, -0.05) is 12.1 Å². The maximum absolute atomic E-state index is 11.9. The number of hydrogen-bond donors (Lipinski definition) is 4. The van der Waals surface area contributed by atoms with Crippen molar-refractivity contribution in [2.24, 2.45) is 0 Å². The first-order valence-electron chi connectivity index (χ1n) is 5.95. The zero-order valence-corrected chi connectivity index (χ0v) is 9.93. The Morgan fingerprint density at radius 1 is 1.26 bits per heavy atom. The van der Waals surface area contributed by atoms with E-state index in [4.69, 9.17) is 9.84 Å². The number of para-hydroxylation sites is 2. The van der Waals surface area contributed by atoms with Gasteiger partial charge in [0.1, 0.15) is 18.3 Å². The van der Waals surface area contributed by atoms with Crippen LogP contribution in [-0.4, -0.2) is 49.8 Å². The second-order valence-corrected chi connectivity index (χ2v) is 4.55. The minimum Gasteiger partial charge on any atom is -0.394 e. The summed E-state index contributed by atoms with van der Waals surface area (Å²) in [6, 6.07) is 6.98. The Kier molecular flexibility index (Phi) is 2.90. The first kappa shape index (κ1) is 12.4. The number of aliphatic hydroxyl groups is 3. The van der Waals surface area contributed by atoms with Gasteiger partial charge in [-0.2, -0.15) is 0 Å². The number of aromatic nitrogens is 2. The van der Waals surface area contributed by atoms with Crippen molar-refractivity contribution in [3.63, 3.8) is 0 Å². The molecular weight excluding hydrogens is 252 g/mol. The molecule has 19 heavy (non-hydrogen) atoms. The molecule has 102 valence electrons.